The Morgan fingerprint density at radius 3 is 2.71 bits per heavy atom. The minimum Gasteiger partial charge on any atom is -0.340 e. The lowest BCUT2D eigenvalue weighted by molar-refractivity contribution is 0.979. The van der Waals surface area contributed by atoms with E-state index in [4.69, 9.17) is 5.26 Å². The van der Waals surface area contributed by atoms with Gasteiger partial charge in [-0.2, -0.15) is 5.26 Å². The van der Waals surface area contributed by atoms with Crippen LogP contribution in [0.25, 0.3) is 6.08 Å². The number of allylic oxidation sites excluding steroid dienone is 1. The van der Waals surface area contributed by atoms with E-state index in [0.717, 1.165) is 17.7 Å². The maximum absolute atomic E-state index is 8.91. The predicted molar refractivity (Wildman–Crippen MR) is 89.0 cm³/mol. The average molecular weight is 292 g/mol. The van der Waals surface area contributed by atoms with Crippen LogP contribution in [0, 0.1) is 11.3 Å². The summed E-state index contributed by atoms with van der Waals surface area (Å²) in [5.41, 5.74) is 4.32. The molecule has 3 heteroatoms. The van der Waals surface area contributed by atoms with Crippen molar-refractivity contribution in [2.75, 3.05) is 11.4 Å². The van der Waals surface area contributed by atoms with E-state index >= 15 is 0 Å². The molecule has 2 aromatic rings. The smallest absolute Gasteiger partial charge is 0.0944 e. The molecule has 0 N–H and O–H groups in total. The van der Waals surface area contributed by atoms with Gasteiger partial charge < -0.3 is 4.90 Å². The molecule has 0 aliphatic carbocycles. The van der Waals surface area contributed by atoms with E-state index in [9.17, 15) is 0 Å². The number of hydrogen-bond donors (Lipinski definition) is 0. The van der Waals surface area contributed by atoms with Crippen molar-refractivity contribution in [2.24, 2.45) is 0 Å². The summed E-state index contributed by atoms with van der Waals surface area (Å²) in [5.74, 6) is 0. The van der Waals surface area contributed by atoms with Crippen molar-refractivity contribution in [3.8, 4) is 6.07 Å². The second-order valence-corrected chi connectivity index (χ2v) is 6.06. The molecule has 21 heavy (non-hydrogen) atoms. The normalized spacial score (nSPS) is 13.4. The summed E-state index contributed by atoms with van der Waals surface area (Å²) >= 11 is 1.80. The first-order chi connectivity index (χ1) is 10.2. The van der Waals surface area contributed by atoms with Crippen LogP contribution in [0.2, 0.25) is 0 Å². The predicted octanol–water partition coefficient (Wildman–Crippen LogP) is 5.24. The quantitative estimate of drug-likeness (QED) is 0.709. The molecule has 0 radical (unpaired) electrons. The maximum Gasteiger partial charge on any atom is 0.0944 e. The molecule has 0 saturated heterocycles. The zero-order valence-corrected chi connectivity index (χ0v) is 12.9. The molecule has 1 aliphatic rings. The first kappa shape index (κ1) is 13.8. The Hall–Kier alpha value is -2.18. The van der Waals surface area contributed by atoms with Crippen molar-refractivity contribution in [2.45, 2.75) is 23.6 Å². The summed E-state index contributed by atoms with van der Waals surface area (Å²) < 4.78 is 0. The minimum atomic E-state index is 0.725. The number of nitriles is 1. The maximum atomic E-state index is 8.91. The average Bonchev–Trinajstić information content (AvgIpc) is 2.52. The number of hydrogen-bond acceptors (Lipinski definition) is 3. The molecular weight excluding hydrogens is 276 g/mol. The minimum absolute atomic E-state index is 0.725. The molecule has 0 spiro atoms. The van der Waals surface area contributed by atoms with E-state index in [-0.39, 0.29) is 0 Å². The van der Waals surface area contributed by atoms with Crippen LogP contribution in [0.15, 0.2) is 57.8 Å². The highest BCUT2D eigenvalue weighted by molar-refractivity contribution is 7.99. The lowest BCUT2D eigenvalue weighted by atomic mass is 10.1. The molecule has 0 aromatic heterocycles. The van der Waals surface area contributed by atoms with Crippen LogP contribution in [0.1, 0.15) is 19.4 Å². The molecule has 0 atom stereocenters. The Morgan fingerprint density at radius 2 is 1.95 bits per heavy atom. The Morgan fingerprint density at radius 1 is 1.19 bits per heavy atom. The van der Waals surface area contributed by atoms with Crippen molar-refractivity contribution >= 4 is 29.2 Å². The largest absolute Gasteiger partial charge is 0.340 e. The topological polar surface area (TPSA) is 27.0 Å². The van der Waals surface area contributed by atoms with Gasteiger partial charge in [0.2, 0.25) is 0 Å². The van der Waals surface area contributed by atoms with Gasteiger partial charge in [-0.1, -0.05) is 30.0 Å². The van der Waals surface area contributed by atoms with E-state index in [2.05, 4.69) is 60.4 Å². The molecule has 3 rings (SSSR count). The SMILES string of the molecule is CCN1c2ccccc2Sc2cc(/C=C(/C)C#N)ccc21. The summed E-state index contributed by atoms with van der Waals surface area (Å²) in [6, 6.07) is 17.1. The lowest BCUT2D eigenvalue weighted by Gasteiger charge is -2.32. The molecule has 2 aromatic carbocycles. The Balaban J connectivity index is 2.08. The Bertz CT molecular complexity index is 756. The van der Waals surface area contributed by atoms with Crippen molar-refractivity contribution in [1.82, 2.24) is 0 Å². The summed E-state index contributed by atoms with van der Waals surface area (Å²) in [5, 5.41) is 8.91. The van der Waals surface area contributed by atoms with E-state index in [1.165, 1.54) is 21.2 Å². The van der Waals surface area contributed by atoms with E-state index in [0.29, 0.717) is 0 Å². The molecule has 0 bridgehead atoms. The molecule has 0 unspecified atom stereocenters. The third-order valence-electron chi connectivity index (χ3n) is 3.53. The lowest BCUT2D eigenvalue weighted by Crippen LogP contribution is -2.19. The van der Waals surface area contributed by atoms with Gasteiger partial charge in [-0.25, -0.2) is 0 Å². The summed E-state index contributed by atoms with van der Waals surface area (Å²) in [6.45, 7) is 4.95. The number of benzene rings is 2. The van der Waals surface area contributed by atoms with Crippen molar-refractivity contribution < 1.29 is 0 Å². The second kappa shape index (κ2) is 5.67. The van der Waals surface area contributed by atoms with Crippen molar-refractivity contribution in [3.63, 3.8) is 0 Å². The summed E-state index contributed by atoms with van der Waals surface area (Å²) in [4.78, 5) is 4.87. The fourth-order valence-corrected chi connectivity index (χ4v) is 3.71. The number of nitrogens with zero attached hydrogens (tertiary/aromatic N) is 2. The number of rotatable bonds is 2. The number of anilines is 2. The van der Waals surface area contributed by atoms with Crippen LogP contribution in [0.5, 0.6) is 0 Å². The number of para-hydroxylation sites is 1. The third kappa shape index (κ3) is 2.55. The van der Waals surface area contributed by atoms with Gasteiger partial charge in [0.05, 0.1) is 17.4 Å². The van der Waals surface area contributed by atoms with Crippen molar-refractivity contribution in [3.05, 3.63) is 53.6 Å². The standard InChI is InChI=1S/C18H16N2S/c1-3-20-15-6-4-5-7-17(15)21-18-11-14(8-9-16(18)20)10-13(2)12-19/h4-11H,3H2,1-2H3/b13-10-. The van der Waals surface area contributed by atoms with Gasteiger partial charge in [0.15, 0.2) is 0 Å². The van der Waals surface area contributed by atoms with Gasteiger partial charge in [-0.05, 0) is 49.8 Å². The van der Waals surface area contributed by atoms with Crippen LogP contribution < -0.4 is 4.90 Å². The molecule has 104 valence electrons. The van der Waals surface area contributed by atoms with Crippen LogP contribution in [-0.2, 0) is 0 Å². The zero-order chi connectivity index (χ0) is 14.8. The third-order valence-corrected chi connectivity index (χ3v) is 4.64. The van der Waals surface area contributed by atoms with Gasteiger partial charge in [-0.15, -0.1) is 0 Å². The van der Waals surface area contributed by atoms with Crippen LogP contribution in [0.4, 0.5) is 11.4 Å². The van der Waals surface area contributed by atoms with Crippen LogP contribution in [-0.4, -0.2) is 6.54 Å². The van der Waals surface area contributed by atoms with Crippen molar-refractivity contribution in [1.29, 1.82) is 5.26 Å². The highest BCUT2D eigenvalue weighted by atomic mass is 32.2. The van der Waals surface area contributed by atoms with E-state index in [1.807, 2.05) is 13.0 Å². The van der Waals surface area contributed by atoms with E-state index < -0.39 is 0 Å². The van der Waals surface area contributed by atoms with Crippen LogP contribution >= 0.6 is 11.8 Å². The molecule has 0 fully saturated rings. The Labute approximate surface area is 129 Å². The molecule has 1 heterocycles. The fraction of sp³-hybridized carbons (Fsp3) is 0.167. The summed E-state index contributed by atoms with van der Waals surface area (Å²) in [6.07, 6.45) is 1.93. The highest BCUT2D eigenvalue weighted by Crippen LogP contribution is 2.48. The molecule has 0 amide bonds. The van der Waals surface area contributed by atoms with E-state index in [1.54, 1.807) is 11.8 Å². The van der Waals surface area contributed by atoms with Gasteiger partial charge in [0.25, 0.3) is 0 Å². The van der Waals surface area contributed by atoms with Gasteiger partial charge in [-0.3, -0.25) is 0 Å². The molecule has 0 saturated carbocycles. The number of fused-ring (bicyclic) bond motifs is 2. The molecule has 1 aliphatic heterocycles. The highest BCUT2D eigenvalue weighted by Gasteiger charge is 2.21. The zero-order valence-electron chi connectivity index (χ0n) is 12.1. The first-order valence-corrected chi connectivity index (χ1v) is 7.81. The molecular formula is C18H16N2S. The monoisotopic (exact) mass is 292 g/mol. The summed E-state index contributed by atoms with van der Waals surface area (Å²) in [7, 11) is 0. The first-order valence-electron chi connectivity index (χ1n) is 7.00. The van der Waals surface area contributed by atoms with Crippen LogP contribution in [0.3, 0.4) is 0 Å². The van der Waals surface area contributed by atoms with Gasteiger partial charge >= 0.3 is 0 Å². The Kier molecular flexibility index (Phi) is 3.72. The van der Waals surface area contributed by atoms with Gasteiger partial charge in [0.1, 0.15) is 0 Å². The fourth-order valence-electron chi connectivity index (χ4n) is 2.56. The second-order valence-electron chi connectivity index (χ2n) is 4.98. The molecule has 2 nitrogen and oxygen atoms in total. The van der Waals surface area contributed by atoms with Gasteiger partial charge in [0, 0.05) is 21.9 Å².